The number of nitrogens with zero attached hydrogens (tertiary/aromatic N) is 1. The summed E-state index contributed by atoms with van der Waals surface area (Å²) in [5.41, 5.74) is 2.44. The lowest BCUT2D eigenvalue weighted by molar-refractivity contribution is -0.143. The van der Waals surface area contributed by atoms with Crippen molar-refractivity contribution >= 4 is 23.2 Å². The number of carboxylic acids is 1. The number of carbonyl (C=O) groups is 2. The van der Waals surface area contributed by atoms with Gasteiger partial charge in [-0.1, -0.05) is 0 Å². The van der Waals surface area contributed by atoms with E-state index in [-0.39, 0.29) is 12.5 Å². The van der Waals surface area contributed by atoms with Gasteiger partial charge in [0, 0.05) is 5.38 Å². The highest BCUT2D eigenvalue weighted by atomic mass is 32.1. The molecule has 0 saturated carbocycles. The van der Waals surface area contributed by atoms with Gasteiger partial charge in [0.2, 0.25) is 5.91 Å². The van der Waals surface area contributed by atoms with E-state index in [9.17, 15) is 9.59 Å². The summed E-state index contributed by atoms with van der Waals surface area (Å²) in [6, 6.07) is 0. The smallest absolute Gasteiger partial charge is 0.329 e. The molecule has 0 bridgehead atoms. The number of carbonyl (C=O) groups excluding carboxylic acids is 1. The summed E-state index contributed by atoms with van der Waals surface area (Å²) in [6.45, 7) is -0.390. The van der Waals surface area contributed by atoms with E-state index >= 15 is 0 Å². The Hall–Kier alpha value is -1.47. The molecule has 1 aromatic heterocycles. The van der Waals surface area contributed by atoms with Crippen LogP contribution >= 0.6 is 11.3 Å². The molecule has 0 fully saturated rings. The second kappa shape index (κ2) is 6.10. The maximum absolute atomic E-state index is 11.1. The molecule has 1 amide bonds. The van der Waals surface area contributed by atoms with E-state index in [1.54, 1.807) is 5.51 Å². The van der Waals surface area contributed by atoms with Gasteiger partial charge in [-0.15, -0.1) is 11.3 Å². The molecule has 1 heterocycles. The van der Waals surface area contributed by atoms with Gasteiger partial charge in [-0.25, -0.2) is 9.78 Å². The summed E-state index contributed by atoms with van der Waals surface area (Å²) in [4.78, 5) is 25.1. The van der Waals surface area contributed by atoms with Gasteiger partial charge in [-0.2, -0.15) is 0 Å². The van der Waals surface area contributed by atoms with Crippen molar-refractivity contribution in [2.45, 2.75) is 6.54 Å². The maximum atomic E-state index is 11.1. The highest BCUT2D eigenvalue weighted by Crippen LogP contribution is 1.99. The van der Waals surface area contributed by atoms with Crippen molar-refractivity contribution in [1.29, 1.82) is 0 Å². The fraction of sp³-hybridized carbons (Fsp3) is 0.375. The monoisotopic (exact) mass is 230 g/mol. The largest absolute Gasteiger partial charge is 0.480 e. The fourth-order valence-electron chi connectivity index (χ4n) is 0.796. The normalized spacial score (nSPS) is 9.87. The van der Waals surface area contributed by atoms with Crippen LogP contribution in [-0.4, -0.2) is 35.2 Å². The van der Waals surface area contributed by atoms with Crippen LogP contribution in [0.15, 0.2) is 10.9 Å². The molecule has 0 radical (unpaired) electrons. The second-order valence-corrected chi connectivity index (χ2v) is 3.36. The Morgan fingerprint density at radius 1 is 1.53 bits per heavy atom. The first kappa shape index (κ1) is 11.6. The van der Waals surface area contributed by atoms with Crippen LogP contribution < -0.4 is 5.32 Å². The average Bonchev–Trinajstić information content (AvgIpc) is 2.66. The molecule has 2 N–H and O–H groups in total. The quantitative estimate of drug-likeness (QED) is 0.710. The van der Waals surface area contributed by atoms with E-state index in [1.165, 1.54) is 11.3 Å². The van der Waals surface area contributed by atoms with Gasteiger partial charge in [0.25, 0.3) is 0 Å². The summed E-state index contributed by atoms with van der Waals surface area (Å²) >= 11 is 1.44. The number of thiazole rings is 1. The third-order valence-electron chi connectivity index (χ3n) is 1.41. The molecule has 6 nitrogen and oxygen atoms in total. The van der Waals surface area contributed by atoms with E-state index in [1.807, 2.05) is 5.38 Å². The molecule has 82 valence electrons. The Morgan fingerprint density at radius 3 is 2.93 bits per heavy atom. The first-order valence-corrected chi connectivity index (χ1v) is 5.06. The molecule has 0 aliphatic heterocycles. The Morgan fingerprint density at radius 2 is 2.33 bits per heavy atom. The third-order valence-corrected chi connectivity index (χ3v) is 2.04. The lowest BCUT2D eigenvalue weighted by Crippen LogP contribution is -2.28. The van der Waals surface area contributed by atoms with Crippen LogP contribution in [0.2, 0.25) is 0 Å². The molecule has 1 aromatic rings. The zero-order valence-electron chi connectivity index (χ0n) is 7.80. The lowest BCUT2D eigenvalue weighted by Gasteiger charge is -2.02. The van der Waals surface area contributed by atoms with Crippen LogP contribution in [0.5, 0.6) is 0 Å². The van der Waals surface area contributed by atoms with Crippen LogP contribution in [0.25, 0.3) is 0 Å². The summed E-state index contributed by atoms with van der Waals surface area (Å²) in [5, 5.41) is 12.6. The number of hydrogen-bond donors (Lipinski definition) is 2. The van der Waals surface area contributed by atoms with Gasteiger partial charge >= 0.3 is 5.97 Å². The van der Waals surface area contributed by atoms with Gasteiger partial charge in [0.1, 0.15) is 13.2 Å². The van der Waals surface area contributed by atoms with Crippen molar-refractivity contribution in [3.8, 4) is 0 Å². The molecule has 15 heavy (non-hydrogen) atoms. The minimum atomic E-state index is -1.10. The highest BCUT2D eigenvalue weighted by Gasteiger charge is 2.03. The zero-order valence-corrected chi connectivity index (χ0v) is 8.62. The summed E-state index contributed by atoms with van der Waals surface area (Å²) in [7, 11) is 0. The van der Waals surface area contributed by atoms with Crippen molar-refractivity contribution in [3.63, 3.8) is 0 Å². The molecule has 0 aromatic carbocycles. The minimum absolute atomic E-state index is 0.254. The number of hydrogen-bond acceptors (Lipinski definition) is 5. The standard InChI is InChI=1S/C8H10N2O4S/c11-7(2-14-3-8(12)13)9-1-6-4-15-5-10-6/h4-5H,1-3H2,(H,9,11)(H,12,13). The van der Waals surface area contributed by atoms with Crippen LogP contribution in [0.4, 0.5) is 0 Å². The summed E-state index contributed by atoms with van der Waals surface area (Å²) < 4.78 is 4.60. The van der Waals surface area contributed by atoms with E-state index in [4.69, 9.17) is 5.11 Å². The Balaban J connectivity index is 2.11. The highest BCUT2D eigenvalue weighted by molar-refractivity contribution is 7.07. The minimum Gasteiger partial charge on any atom is -0.480 e. The molecule has 0 aliphatic carbocycles. The van der Waals surface area contributed by atoms with E-state index < -0.39 is 12.6 Å². The molecular formula is C8H10N2O4S. The number of nitrogens with one attached hydrogen (secondary N) is 1. The van der Waals surface area contributed by atoms with Crippen molar-refractivity contribution in [2.24, 2.45) is 0 Å². The zero-order chi connectivity index (χ0) is 11.1. The van der Waals surface area contributed by atoms with Crippen molar-refractivity contribution in [3.05, 3.63) is 16.6 Å². The van der Waals surface area contributed by atoms with Crippen LogP contribution in [0.1, 0.15) is 5.69 Å². The molecule has 0 saturated heterocycles. The van der Waals surface area contributed by atoms with Crippen molar-refractivity contribution < 1.29 is 19.4 Å². The Bertz CT molecular complexity index is 325. The molecule has 1 rings (SSSR count). The first-order valence-electron chi connectivity index (χ1n) is 4.12. The summed E-state index contributed by atoms with van der Waals surface area (Å²) in [5.74, 6) is -1.45. The number of aliphatic carboxylic acids is 1. The number of amides is 1. The molecule has 0 unspecified atom stereocenters. The van der Waals surface area contributed by atoms with Crippen LogP contribution in [0.3, 0.4) is 0 Å². The topological polar surface area (TPSA) is 88.5 Å². The van der Waals surface area contributed by atoms with Crippen LogP contribution in [-0.2, 0) is 20.9 Å². The van der Waals surface area contributed by atoms with E-state index in [2.05, 4.69) is 15.0 Å². The maximum Gasteiger partial charge on any atom is 0.329 e. The lowest BCUT2D eigenvalue weighted by atomic mass is 10.5. The van der Waals surface area contributed by atoms with Gasteiger partial charge in [0.05, 0.1) is 17.7 Å². The van der Waals surface area contributed by atoms with E-state index in [0.29, 0.717) is 6.54 Å². The Labute approximate surface area is 89.9 Å². The Kier molecular flexibility index (Phi) is 4.72. The predicted molar refractivity (Wildman–Crippen MR) is 52.4 cm³/mol. The molecule has 0 spiro atoms. The number of aromatic nitrogens is 1. The SMILES string of the molecule is O=C(O)COCC(=O)NCc1cscn1. The number of carboxylic acid groups (broad SMARTS) is 1. The first-order chi connectivity index (χ1) is 7.18. The molecule has 0 aliphatic rings. The van der Waals surface area contributed by atoms with E-state index in [0.717, 1.165) is 5.69 Å². The van der Waals surface area contributed by atoms with Gasteiger partial charge in [0.15, 0.2) is 0 Å². The van der Waals surface area contributed by atoms with Crippen molar-refractivity contribution in [2.75, 3.05) is 13.2 Å². The predicted octanol–water partition coefficient (Wildman–Crippen LogP) is -0.140. The van der Waals surface area contributed by atoms with Gasteiger partial charge in [-0.3, -0.25) is 4.79 Å². The van der Waals surface area contributed by atoms with Crippen molar-refractivity contribution in [1.82, 2.24) is 10.3 Å². The molecule has 7 heteroatoms. The third kappa shape index (κ3) is 5.08. The number of ether oxygens (including phenoxy) is 1. The summed E-state index contributed by atoms with van der Waals surface area (Å²) in [6.07, 6.45) is 0. The average molecular weight is 230 g/mol. The van der Waals surface area contributed by atoms with Gasteiger partial charge < -0.3 is 15.2 Å². The number of rotatable bonds is 6. The molecule has 0 atom stereocenters. The molecular weight excluding hydrogens is 220 g/mol. The van der Waals surface area contributed by atoms with Gasteiger partial charge in [-0.05, 0) is 0 Å². The van der Waals surface area contributed by atoms with Crippen LogP contribution in [0, 0.1) is 0 Å². The second-order valence-electron chi connectivity index (χ2n) is 2.64. The fourth-order valence-corrected chi connectivity index (χ4v) is 1.35.